The van der Waals surface area contributed by atoms with Gasteiger partial charge in [0.1, 0.15) is 5.69 Å². The standard InChI is InChI=1S/C9H5ClF2N2.C9H6F2N2O.CH4/c10-8-7(9(11)12)13-5-3-1-2-4-6(5)14-8;10-8(11)7-9(14)13-6-4-2-1-3-5(6)12-7;/h1-4,9H;1-4,8H,(H,13,14);1H4. The number of benzene rings is 2. The number of hydrogen-bond donors (Lipinski definition) is 1. The maximum Gasteiger partial charge on any atom is 0.285 e. The first kappa shape index (κ1) is 22.2. The summed E-state index contributed by atoms with van der Waals surface area (Å²) in [5.74, 6) is 0. The molecule has 0 aliphatic carbocycles. The number of aromatic amines is 1. The molecule has 152 valence electrons. The molecule has 2 aromatic heterocycles. The topological polar surface area (TPSA) is 71.5 Å². The molecule has 4 rings (SSSR count). The van der Waals surface area contributed by atoms with Crippen LogP contribution in [0.2, 0.25) is 5.15 Å². The van der Waals surface area contributed by atoms with Gasteiger partial charge in [0.15, 0.2) is 10.8 Å². The Labute approximate surface area is 167 Å². The predicted octanol–water partition coefficient (Wildman–Crippen LogP) is 5.72. The minimum atomic E-state index is -2.84. The van der Waals surface area contributed by atoms with Crippen LogP contribution in [-0.4, -0.2) is 19.9 Å². The third-order valence-electron chi connectivity index (χ3n) is 3.59. The fraction of sp³-hybridized carbons (Fsp3) is 0.158. The van der Waals surface area contributed by atoms with Gasteiger partial charge in [-0.15, -0.1) is 0 Å². The predicted molar refractivity (Wildman–Crippen MR) is 104 cm³/mol. The fourth-order valence-corrected chi connectivity index (χ4v) is 2.54. The third kappa shape index (κ3) is 5.05. The van der Waals surface area contributed by atoms with Crippen LogP contribution < -0.4 is 5.56 Å². The van der Waals surface area contributed by atoms with Crippen molar-refractivity contribution in [3.8, 4) is 0 Å². The lowest BCUT2D eigenvalue weighted by Gasteiger charge is -2.02. The van der Waals surface area contributed by atoms with Crippen LogP contribution >= 0.6 is 11.6 Å². The Hall–Kier alpha value is -3.07. The molecule has 0 radical (unpaired) electrons. The summed E-state index contributed by atoms with van der Waals surface area (Å²) < 4.78 is 49.3. The summed E-state index contributed by atoms with van der Waals surface area (Å²) in [6.45, 7) is 0. The summed E-state index contributed by atoms with van der Waals surface area (Å²) in [5, 5.41) is -0.237. The Bertz CT molecular complexity index is 1180. The Balaban J connectivity index is 0.000000200. The highest BCUT2D eigenvalue weighted by molar-refractivity contribution is 6.30. The maximum absolute atomic E-state index is 12.4. The molecule has 0 atom stereocenters. The second kappa shape index (κ2) is 9.42. The van der Waals surface area contributed by atoms with E-state index in [2.05, 4.69) is 19.9 Å². The van der Waals surface area contributed by atoms with Gasteiger partial charge in [-0.3, -0.25) is 4.79 Å². The first-order valence-corrected chi connectivity index (χ1v) is 8.22. The van der Waals surface area contributed by atoms with Gasteiger partial charge >= 0.3 is 0 Å². The lowest BCUT2D eigenvalue weighted by molar-refractivity contribution is 0.144. The highest BCUT2D eigenvalue weighted by atomic mass is 35.5. The van der Waals surface area contributed by atoms with Crippen LogP contribution in [0.25, 0.3) is 22.1 Å². The zero-order valence-corrected chi connectivity index (χ0v) is 14.7. The fourth-order valence-electron chi connectivity index (χ4n) is 2.32. The number of fused-ring (bicyclic) bond motifs is 2. The van der Waals surface area contributed by atoms with Crippen LogP contribution in [0.3, 0.4) is 0 Å². The molecule has 1 N–H and O–H groups in total. The van der Waals surface area contributed by atoms with Crippen molar-refractivity contribution in [1.82, 2.24) is 19.9 Å². The quantitative estimate of drug-likeness (QED) is 0.416. The van der Waals surface area contributed by atoms with Crippen molar-refractivity contribution in [2.45, 2.75) is 20.3 Å². The first-order chi connectivity index (χ1) is 13.4. The number of aromatic nitrogens is 4. The largest absolute Gasteiger partial charge is 0.319 e. The molecule has 0 aliphatic heterocycles. The van der Waals surface area contributed by atoms with Crippen LogP contribution in [0.4, 0.5) is 17.6 Å². The number of H-pyrrole nitrogens is 1. The van der Waals surface area contributed by atoms with Gasteiger partial charge in [-0.25, -0.2) is 32.5 Å². The van der Waals surface area contributed by atoms with E-state index in [1.807, 2.05) is 0 Å². The van der Waals surface area contributed by atoms with E-state index in [0.717, 1.165) is 0 Å². The van der Waals surface area contributed by atoms with Crippen molar-refractivity contribution in [3.63, 3.8) is 0 Å². The van der Waals surface area contributed by atoms with Crippen LogP contribution in [-0.2, 0) is 0 Å². The molecular formula is C19H15ClF4N4O. The number of nitrogens with zero attached hydrogens (tertiary/aromatic N) is 3. The number of halogens is 5. The average Bonchev–Trinajstić information content (AvgIpc) is 2.67. The van der Waals surface area contributed by atoms with Gasteiger partial charge in [-0.2, -0.15) is 0 Å². The summed E-state index contributed by atoms with van der Waals surface area (Å²) in [7, 11) is 0. The number of nitrogens with one attached hydrogen (secondary N) is 1. The van der Waals surface area contributed by atoms with Gasteiger partial charge in [-0.05, 0) is 24.3 Å². The van der Waals surface area contributed by atoms with Crippen molar-refractivity contribution in [1.29, 1.82) is 0 Å². The Morgan fingerprint density at radius 1 is 0.759 bits per heavy atom. The van der Waals surface area contributed by atoms with Gasteiger partial charge in [0.05, 0.1) is 22.1 Å². The van der Waals surface area contributed by atoms with Crippen molar-refractivity contribution < 1.29 is 17.6 Å². The number of hydrogen-bond acceptors (Lipinski definition) is 4. The van der Waals surface area contributed by atoms with E-state index in [0.29, 0.717) is 22.1 Å². The zero-order valence-electron chi connectivity index (χ0n) is 13.9. The molecule has 0 aliphatic rings. The minimum absolute atomic E-state index is 0. The number of rotatable bonds is 2. The van der Waals surface area contributed by atoms with Crippen LogP contribution in [0.5, 0.6) is 0 Å². The van der Waals surface area contributed by atoms with Gasteiger partial charge in [0, 0.05) is 0 Å². The van der Waals surface area contributed by atoms with E-state index in [4.69, 9.17) is 11.6 Å². The van der Waals surface area contributed by atoms with E-state index in [1.54, 1.807) is 48.5 Å². The Morgan fingerprint density at radius 2 is 1.24 bits per heavy atom. The van der Waals surface area contributed by atoms with Crippen LogP contribution in [0.1, 0.15) is 31.7 Å². The molecule has 10 heteroatoms. The summed E-state index contributed by atoms with van der Waals surface area (Å²) in [6, 6.07) is 13.3. The molecule has 0 amide bonds. The molecule has 4 aromatic rings. The van der Waals surface area contributed by atoms with E-state index in [9.17, 15) is 22.4 Å². The van der Waals surface area contributed by atoms with Gasteiger partial charge in [0.2, 0.25) is 0 Å². The van der Waals surface area contributed by atoms with Crippen LogP contribution in [0, 0.1) is 0 Å². The van der Waals surface area contributed by atoms with E-state index in [-0.39, 0.29) is 12.6 Å². The second-order valence-electron chi connectivity index (χ2n) is 5.46. The molecule has 0 saturated heterocycles. The third-order valence-corrected chi connectivity index (χ3v) is 3.87. The second-order valence-corrected chi connectivity index (χ2v) is 5.82. The lowest BCUT2D eigenvalue weighted by atomic mass is 10.3. The van der Waals surface area contributed by atoms with E-state index >= 15 is 0 Å². The first-order valence-electron chi connectivity index (χ1n) is 7.84. The van der Waals surface area contributed by atoms with Crippen molar-refractivity contribution in [2.24, 2.45) is 0 Å². The normalized spacial score (nSPS) is 10.7. The van der Waals surface area contributed by atoms with Crippen molar-refractivity contribution in [3.05, 3.63) is 75.4 Å². The summed E-state index contributed by atoms with van der Waals surface area (Å²) in [4.78, 5) is 24.5. The minimum Gasteiger partial charge on any atom is -0.319 e. The Kier molecular flexibility index (Phi) is 7.22. The zero-order chi connectivity index (χ0) is 20.3. The number of alkyl halides is 4. The SMILES string of the molecule is C.FC(F)c1nc2ccccc2nc1Cl.O=c1[nH]c2ccccc2nc1C(F)F. The van der Waals surface area contributed by atoms with Gasteiger partial charge in [-0.1, -0.05) is 43.3 Å². The molecule has 29 heavy (non-hydrogen) atoms. The maximum atomic E-state index is 12.4. The highest BCUT2D eigenvalue weighted by Crippen LogP contribution is 2.25. The molecule has 0 unspecified atom stereocenters. The molecule has 0 bridgehead atoms. The molecule has 2 aromatic carbocycles. The van der Waals surface area contributed by atoms with Crippen molar-refractivity contribution in [2.75, 3.05) is 0 Å². The van der Waals surface area contributed by atoms with E-state index in [1.165, 1.54) is 0 Å². The molecule has 0 saturated carbocycles. The summed E-state index contributed by atoms with van der Waals surface area (Å²) in [6.07, 6.45) is -5.54. The van der Waals surface area contributed by atoms with Gasteiger partial charge in [0.25, 0.3) is 18.4 Å². The van der Waals surface area contributed by atoms with E-state index < -0.39 is 29.8 Å². The monoisotopic (exact) mass is 426 g/mol. The molecular weight excluding hydrogens is 412 g/mol. The molecule has 2 heterocycles. The highest BCUT2D eigenvalue weighted by Gasteiger charge is 2.16. The number of para-hydroxylation sites is 4. The smallest absolute Gasteiger partial charge is 0.285 e. The molecule has 0 spiro atoms. The lowest BCUT2D eigenvalue weighted by Crippen LogP contribution is -2.15. The Morgan fingerprint density at radius 3 is 1.83 bits per heavy atom. The molecule has 5 nitrogen and oxygen atoms in total. The van der Waals surface area contributed by atoms with Gasteiger partial charge < -0.3 is 4.98 Å². The van der Waals surface area contributed by atoms with Crippen LogP contribution in [0.15, 0.2) is 53.3 Å². The summed E-state index contributed by atoms with van der Waals surface area (Å²) >= 11 is 5.54. The average molecular weight is 427 g/mol. The van der Waals surface area contributed by atoms with Crippen molar-refractivity contribution >= 4 is 33.7 Å². The molecule has 0 fully saturated rings. The summed E-state index contributed by atoms with van der Waals surface area (Å²) in [5.41, 5.74) is -0.272.